The van der Waals surface area contributed by atoms with Gasteiger partial charge >= 0.3 is 0 Å². The van der Waals surface area contributed by atoms with Crippen LogP contribution in [-0.4, -0.2) is 9.97 Å². The molecule has 0 bridgehead atoms. The summed E-state index contributed by atoms with van der Waals surface area (Å²) in [5.74, 6) is 0. The number of hydrogen-bond donors (Lipinski definition) is 0. The fourth-order valence-electron chi connectivity index (χ4n) is 1.98. The molecule has 3 aromatic rings. The highest BCUT2D eigenvalue weighted by Gasteiger charge is 2.03. The van der Waals surface area contributed by atoms with E-state index in [2.05, 4.69) is 34.2 Å². The van der Waals surface area contributed by atoms with Crippen molar-refractivity contribution in [3.05, 3.63) is 72.1 Å². The summed E-state index contributed by atoms with van der Waals surface area (Å²) in [4.78, 5) is 8.13. The van der Waals surface area contributed by atoms with Crippen LogP contribution in [0, 0.1) is 0 Å². The molecule has 3 heteroatoms. The van der Waals surface area contributed by atoms with E-state index in [1.54, 1.807) is 6.20 Å². The number of hydrogen-bond acceptors (Lipinski definition) is 2. The molecule has 2 nitrogen and oxygen atoms in total. The summed E-state index contributed by atoms with van der Waals surface area (Å²) in [6.45, 7) is 0. The molecule has 2 aromatic carbocycles. The van der Waals surface area contributed by atoms with E-state index in [0.717, 1.165) is 16.8 Å². The van der Waals surface area contributed by atoms with Crippen LogP contribution >= 0.6 is 11.6 Å². The minimum absolute atomic E-state index is 0.266. The van der Waals surface area contributed by atoms with Crippen molar-refractivity contribution in [3.63, 3.8) is 0 Å². The van der Waals surface area contributed by atoms with Crippen LogP contribution in [0.1, 0.15) is 0 Å². The SMILES string of the molecule is Clc1nccc(-c2cccc(-c3ccccc3)c2)n1. The lowest BCUT2D eigenvalue weighted by molar-refractivity contribution is 1.17. The van der Waals surface area contributed by atoms with Crippen molar-refractivity contribution in [2.75, 3.05) is 0 Å². The van der Waals surface area contributed by atoms with Gasteiger partial charge in [-0.15, -0.1) is 0 Å². The summed E-state index contributed by atoms with van der Waals surface area (Å²) in [5, 5.41) is 0.266. The zero-order chi connectivity index (χ0) is 13.1. The average molecular weight is 267 g/mol. The zero-order valence-electron chi connectivity index (χ0n) is 10.1. The van der Waals surface area contributed by atoms with Gasteiger partial charge in [-0.25, -0.2) is 9.97 Å². The van der Waals surface area contributed by atoms with Gasteiger partial charge in [0.1, 0.15) is 0 Å². The second-order valence-electron chi connectivity index (χ2n) is 4.16. The van der Waals surface area contributed by atoms with Crippen LogP contribution < -0.4 is 0 Å². The topological polar surface area (TPSA) is 25.8 Å². The normalized spacial score (nSPS) is 10.4. The van der Waals surface area contributed by atoms with Crippen LogP contribution in [0.4, 0.5) is 0 Å². The van der Waals surface area contributed by atoms with Gasteiger partial charge in [0.2, 0.25) is 5.28 Å². The summed E-state index contributed by atoms with van der Waals surface area (Å²) >= 11 is 5.83. The third kappa shape index (κ3) is 2.64. The molecule has 0 saturated heterocycles. The highest BCUT2D eigenvalue weighted by Crippen LogP contribution is 2.25. The first-order chi connectivity index (χ1) is 9.33. The molecule has 0 atom stereocenters. The highest BCUT2D eigenvalue weighted by atomic mass is 35.5. The maximum absolute atomic E-state index is 5.83. The Morgan fingerprint density at radius 3 is 2.26 bits per heavy atom. The Hall–Kier alpha value is -2.19. The highest BCUT2D eigenvalue weighted by molar-refractivity contribution is 6.28. The summed E-state index contributed by atoms with van der Waals surface area (Å²) in [5.41, 5.74) is 4.21. The van der Waals surface area contributed by atoms with Gasteiger partial charge in [0.05, 0.1) is 5.69 Å². The first-order valence-corrected chi connectivity index (χ1v) is 6.35. The van der Waals surface area contributed by atoms with Gasteiger partial charge in [-0.1, -0.05) is 48.5 Å². The Bertz CT molecular complexity index is 696. The maximum Gasteiger partial charge on any atom is 0.222 e. The Balaban J connectivity index is 2.06. The largest absolute Gasteiger partial charge is 0.226 e. The Labute approximate surface area is 116 Å². The quantitative estimate of drug-likeness (QED) is 0.640. The van der Waals surface area contributed by atoms with Gasteiger partial charge in [-0.3, -0.25) is 0 Å². The maximum atomic E-state index is 5.83. The van der Waals surface area contributed by atoms with E-state index in [0.29, 0.717) is 0 Å². The number of nitrogens with zero attached hydrogens (tertiary/aromatic N) is 2. The van der Waals surface area contributed by atoms with Crippen molar-refractivity contribution >= 4 is 11.6 Å². The van der Waals surface area contributed by atoms with Gasteiger partial charge in [-0.2, -0.15) is 0 Å². The zero-order valence-corrected chi connectivity index (χ0v) is 10.9. The lowest BCUT2D eigenvalue weighted by Crippen LogP contribution is -1.87. The molecule has 0 fully saturated rings. The minimum atomic E-state index is 0.266. The predicted molar refractivity (Wildman–Crippen MR) is 77.9 cm³/mol. The van der Waals surface area contributed by atoms with Crippen molar-refractivity contribution in [2.24, 2.45) is 0 Å². The summed E-state index contributed by atoms with van der Waals surface area (Å²) in [7, 11) is 0. The smallest absolute Gasteiger partial charge is 0.222 e. The van der Waals surface area contributed by atoms with Crippen molar-refractivity contribution in [1.29, 1.82) is 0 Å². The molecular weight excluding hydrogens is 256 g/mol. The molecule has 92 valence electrons. The monoisotopic (exact) mass is 266 g/mol. The first kappa shape index (κ1) is 11.9. The molecule has 1 aromatic heterocycles. The molecule has 0 aliphatic rings. The average Bonchev–Trinajstić information content (AvgIpc) is 2.48. The van der Waals surface area contributed by atoms with Gasteiger partial charge in [0, 0.05) is 11.8 Å². The van der Waals surface area contributed by atoms with Crippen LogP contribution in [-0.2, 0) is 0 Å². The predicted octanol–water partition coefficient (Wildman–Crippen LogP) is 4.46. The van der Waals surface area contributed by atoms with Crippen molar-refractivity contribution in [3.8, 4) is 22.4 Å². The Kier molecular flexibility index (Phi) is 3.25. The van der Waals surface area contributed by atoms with E-state index in [9.17, 15) is 0 Å². The van der Waals surface area contributed by atoms with Crippen LogP contribution in [0.25, 0.3) is 22.4 Å². The van der Waals surface area contributed by atoms with Crippen molar-refractivity contribution < 1.29 is 0 Å². The van der Waals surface area contributed by atoms with Crippen molar-refractivity contribution in [2.45, 2.75) is 0 Å². The molecule has 0 spiro atoms. The second kappa shape index (κ2) is 5.21. The van der Waals surface area contributed by atoms with Gasteiger partial charge < -0.3 is 0 Å². The fraction of sp³-hybridized carbons (Fsp3) is 0. The van der Waals surface area contributed by atoms with Gasteiger partial charge in [-0.05, 0) is 34.9 Å². The fourth-order valence-corrected chi connectivity index (χ4v) is 2.13. The van der Waals surface area contributed by atoms with Crippen LogP contribution in [0.2, 0.25) is 5.28 Å². The Morgan fingerprint density at radius 2 is 1.47 bits per heavy atom. The first-order valence-electron chi connectivity index (χ1n) is 5.97. The molecule has 0 aliphatic heterocycles. The lowest BCUT2D eigenvalue weighted by atomic mass is 10.0. The second-order valence-corrected chi connectivity index (χ2v) is 4.50. The van der Waals surface area contributed by atoms with Crippen molar-refractivity contribution in [1.82, 2.24) is 9.97 Å². The van der Waals surface area contributed by atoms with Crippen LogP contribution in [0.15, 0.2) is 66.9 Å². The molecule has 0 N–H and O–H groups in total. The molecule has 3 rings (SSSR count). The third-order valence-corrected chi connectivity index (χ3v) is 3.07. The standard InChI is InChI=1S/C16H11ClN2/c17-16-18-10-9-15(19-16)14-8-4-7-13(11-14)12-5-2-1-3-6-12/h1-11H. The molecular formula is C16H11ClN2. The molecule has 1 heterocycles. The van der Waals surface area contributed by atoms with Crippen LogP contribution in [0.5, 0.6) is 0 Å². The van der Waals surface area contributed by atoms with E-state index < -0.39 is 0 Å². The molecule has 0 amide bonds. The Morgan fingerprint density at radius 1 is 0.737 bits per heavy atom. The van der Waals surface area contributed by atoms with E-state index in [1.165, 1.54) is 5.56 Å². The molecule has 19 heavy (non-hydrogen) atoms. The summed E-state index contributed by atoms with van der Waals surface area (Å²) < 4.78 is 0. The molecule has 0 radical (unpaired) electrons. The van der Waals surface area contributed by atoms with Gasteiger partial charge in [0.15, 0.2) is 0 Å². The molecule has 0 aliphatic carbocycles. The van der Waals surface area contributed by atoms with E-state index in [4.69, 9.17) is 11.6 Å². The minimum Gasteiger partial charge on any atom is -0.226 e. The lowest BCUT2D eigenvalue weighted by Gasteiger charge is -2.05. The summed E-state index contributed by atoms with van der Waals surface area (Å²) in [6, 6.07) is 20.3. The molecule has 0 unspecified atom stereocenters. The number of halogens is 1. The van der Waals surface area contributed by atoms with E-state index in [1.807, 2.05) is 36.4 Å². The number of benzene rings is 2. The number of aromatic nitrogens is 2. The molecule has 0 saturated carbocycles. The summed E-state index contributed by atoms with van der Waals surface area (Å²) in [6.07, 6.45) is 1.67. The van der Waals surface area contributed by atoms with Gasteiger partial charge in [0.25, 0.3) is 0 Å². The van der Waals surface area contributed by atoms with E-state index >= 15 is 0 Å². The van der Waals surface area contributed by atoms with Crippen LogP contribution in [0.3, 0.4) is 0 Å². The third-order valence-electron chi connectivity index (χ3n) is 2.89. The van der Waals surface area contributed by atoms with E-state index in [-0.39, 0.29) is 5.28 Å². The number of rotatable bonds is 2.